The minimum Gasteiger partial charge on any atom is -0.347 e. The number of imidazole rings is 1. The van der Waals surface area contributed by atoms with Crippen LogP contribution in [0.1, 0.15) is 12.8 Å². The molecule has 0 atom stereocenters. The smallest absolute Gasteiger partial charge is 0.267 e. The molecule has 0 bridgehead atoms. The highest BCUT2D eigenvalue weighted by atomic mass is 19.3. The predicted molar refractivity (Wildman–Crippen MR) is 91.1 cm³/mol. The molecule has 132 valence electrons. The van der Waals surface area contributed by atoms with Crippen LogP contribution in [0.5, 0.6) is 0 Å². The Morgan fingerprint density at radius 3 is 2.88 bits per heavy atom. The molecule has 0 amide bonds. The van der Waals surface area contributed by atoms with Gasteiger partial charge in [0.15, 0.2) is 0 Å². The maximum absolute atomic E-state index is 13.8. The van der Waals surface area contributed by atoms with E-state index in [0.717, 1.165) is 16.6 Å². The Bertz CT molecular complexity index is 1100. The van der Waals surface area contributed by atoms with Gasteiger partial charge >= 0.3 is 0 Å². The molecule has 1 N–H and O–H groups in total. The lowest BCUT2D eigenvalue weighted by atomic mass is 10.1. The molecule has 0 saturated heterocycles. The minimum absolute atomic E-state index is 0.183. The number of hydrogen-bond acceptors (Lipinski definition) is 5. The number of nitrogens with zero attached hydrogens (tertiary/aromatic N) is 6. The van der Waals surface area contributed by atoms with Crippen LogP contribution < -0.4 is 5.32 Å². The van der Waals surface area contributed by atoms with E-state index in [1.54, 1.807) is 29.3 Å². The summed E-state index contributed by atoms with van der Waals surface area (Å²) >= 11 is 0. The second kappa shape index (κ2) is 5.45. The van der Waals surface area contributed by atoms with Gasteiger partial charge in [-0.15, -0.1) is 5.10 Å². The molecule has 26 heavy (non-hydrogen) atoms. The Balaban J connectivity index is 1.43. The summed E-state index contributed by atoms with van der Waals surface area (Å²) in [6.45, 7) is -0.446. The number of nitrogens with one attached hydrogen (secondary N) is 1. The summed E-state index contributed by atoms with van der Waals surface area (Å²) in [6.07, 6.45) is 11.7. The van der Waals surface area contributed by atoms with E-state index < -0.39 is 18.4 Å². The summed E-state index contributed by atoms with van der Waals surface area (Å²) in [5.41, 5.74) is 2.57. The van der Waals surface area contributed by atoms with E-state index in [1.165, 1.54) is 0 Å². The number of hydrogen-bond donors (Lipinski definition) is 1. The van der Waals surface area contributed by atoms with E-state index in [2.05, 4.69) is 25.4 Å². The lowest BCUT2D eigenvalue weighted by molar-refractivity contribution is -0.00833. The van der Waals surface area contributed by atoms with Crippen LogP contribution in [0.3, 0.4) is 0 Å². The Morgan fingerprint density at radius 1 is 1.15 bits per heavy atom. The van der Waals surface area contributed by atoms with E-state index in [4.69, 9.17) is 0 Å². The van der Waals surface area contributed by atoms with Crippen LogP contribution in [0.25, 0.3) is 22.4 Å². The first kappa shape index (κ1) is 15.2. The van der Waals surface area contributed by atoms with Crippen molar-refractivity contribution in [2.45, 2.75) is 18.8 Å². The van der Waals surface area contributed by atoms with Crippen LogP contribution in [0, 0.1) is 5.92 Å². The Morgan fingerprint density at radius 2 is 2.04 bits per heavy atom. The van der Waals surface area contributed by atoms with E-state index in [0.29, 0.717) is 18.6 Å². The lowest BCUT2D eigenvalue weighted by Gasteiger charge is -2.15. The molecule has 9 heteroatoms. The predicted octanol–water partition coefficient (Wildman–Crippen LogP) is 2.90. The van der Waals surface area contributed by atoms with Crippen molar-refractivity contribution in [3.8, 4) is 11.1 Å². The van der Waals surface area contributed by atoms with Crippen molar-refractivity contribution in [2.75, 3.05) is 11.9 Å². The van der Waals surface area contributed by atoms with Crippen molar-refractivity contribution in [3.63, 3.8) is 0 Å². The number of rotatable bonds is 5. The molecule has 1 aliphatic rings. The molecule has 0 aliphatic heterocycles. The number of alkyl halides is 2. The molecule has 0 radical (unpaired) electrons. The number of aromatic nitrogens is 6. The van der Waals surface area contributed by atoms with Crippen LogP contribution in [0.15, 0.2) is 43.2 Å². The Labute approximate surface area is 146 Å². The van der Waals surface area contributed by atoms with Gasteiger partial charge in [0.05, 0.1) is 18.3 Å². The molecule has 0 spiro atoms. The Hall–Kier alpha value is -3.10. The molecular formula is C17H15F2N7. The average molecular weight is 355 g/mol. The second-order valence-corrected chi connectivity index (χ2v) is 6.51. The van der Waals surface area contributed by atoms with Crippen molar-refractivity contribution in [2.24, 2.45) is 5.92 Å². The molecule has 1 saturated carbocycles. The van der Waals surface area contributed by atoms with Crippen LogP contribution in [0.4, 0.5) is 14.7 Å². The summed E-state index contributed by atoms with van der Waals surface area (Å²) < 4.78 is 31.0. The fourth-order valence-electron chi connectivity index (χ4n) is 3.03. The van der Waals surface area contributed by atoms with Crippen molar-refractivity contribution >= 4 is 17.2 Å². The van der Waals surface area contributed by atoms with Gasteiger partial charge in [0, 0.05) is 48.0 Å². The van der Waals surface area contributed by atoms with Crippen LogP contribution in [-0.4, -0.2) is 41.4 Å². The van der Waals surface area contributed by atoms with Crippen molar-refractivity contribution < 1.29 is 8.78 Å². The van der Waals surface area contributed by atoms with Crippen molar-refractivity contribution in [1.82, 2.24) is 29.0 Å². The lowest BCUT2D eigenvalue weighted by Crippen LogP contribution is -2.30. The molecule has 1 fully saturated rings. The van der Waals surface area contributed by atoms with Gasteiger partial charge in [-0.25, -0.2) is 28.2 Å². The monoisotopic (exact) mass is 355 g/mol. The van der Waals surface area contributed by atoms with Gasteiger partial charge in [-0.05, 0) is 18.9 Å². The van der Waals surface area contributed by atoms with Gasteiger partial charge in [0.1, 0.15) is 0 Å². The highest BCUT2D eigenvalue weighted by Crippen LogP contribution is 2.43. The topological polar surface area (TPSA) is 72.4 Å². The highest BCUT2D eigenvalue weighted by Gasteiger charge is 2.46. The molecular weight excluding hydrogens is 340 g/mol. The SMILES string of the molecule is FC(F)(CNc1ncc2c(-c3cnc4nccn4c3)ccn2n1)C1CC1. The van der Waals surface area contributed by atoms with Crippen molar-refractivity contribution in [3.05, 3.63) is 43.2 Å². The maximum atomic E-state index is 13.8. The molecule has 0 aromatic carbocycles. The average Bonchev–Trinajstić information content (AvgIpc) is 3.27. The maximum Gasteiger partial charge on any atom is 0.267 e. The van der Waals surface area contributed by atoms with Crippen molar-refractivity contribution in [1.29, 1.82) is 0 Å². The van der Waals surface area contributed by atoms with Gasteiger partial charge in [-0.3, -0.25) is 4.40 Å². The minimum atomic E-state index is -2.72. The van der Waals surface area contributed by atoms with E-state index in [1.807, 2.05) is 22.9 Å². The third kappa shape index (κ3) is 2.56. The standard InChI is InChI=1S/C17H15F2N7/c18-17(19,12-1-2-12)10-23-15-21-8-14-13(3-5-26(14)24-15)11-7-22-16-20-4-6-25(16)9-11/h3-9,12H,1-2,10H2,(H,23,24). The summed E-state index contributed by atoms with van der Waals surface area (Å²) in [5, 5.41) is 6.93. The quantitative estimate of drug-likeness (QED) is 0.596. The highest BCUT2D eigenvalue weighted by molar-refractivity contribution is 5.79. The van der Waals surface area contributed by atoms with Gasteiger partial charge in [-0.2, -0.15) is 0 Å². The number of fused-ring (bicyclic) bond motifs is 2. The van der Waals surface area contributed by atoms with Gasteiger partial charge in [0.25, 0.3) is 5.92 Å². The first-order chi connectivity index (χ1) is 12.6. The van der Waals surface area contributed by atoms with E-state index in [9.17, 15) is 8.78 Å². The molecule has 1 aliphatic carbocycles. The van der Waals surface area contributed by atoms with Crippen LogP contribution in [-0.2, 0) is 0 Å². The molecule has 4 aromatic heterocycles. The third-order valence-corrected chi connectivity index (χ3v) is 4.63. The first-order valence-electron chi connectivity index (χ1n) is 8.35. The molecule has 0 unspecified atom stereocenters. The first-order valence-corrected chi connectivity index (χ1v) is 8.35. The summed E-state index contributed by atoms with van der Waals surface area (Å²) in [6, 6.07) is 1.90. The zero-order valence-corrected chi connectivity index (χ0v) is 13.7. The third-order valence-electron chi connectivity index (χ3n) is 4.63. The normalized spacial score (nSPS) is 15.0. The largest absolute Gasteiger partial charge is 0.347 e. The fraction of sp³-hybridized carbons (Fsp3) is 0.294. The second-order valence-electron chi connectivity index (χ2n) is 6.51. The van der Waals surface area contributed by atoms with Gasteiger partial charge < -0.3 is 5.32 Å². The molecule has 4 heterocycles. The molecule has 5 rings (SSSR count). The number of anilines is 1. The van der Waals surface area contributed by atoms with Crippen LogP contribution in [0.2, 0.25) is 0 Å². The van der Waals surface area contributed by atoms with Gasteiger partial charge in [-0.1, -0.05) is 0 Å². The molecule has 7 nitrogen and oxygen atoms in total. The molecule has 4 aromatic rings. The number of halogens is 2. The zero-order chi connectivity index (χ0) is 17.7. The van der Waals surface area contributed by atoms with E-state index in [-0.39, 0.29) is 5.95 Å². The summed E-state index contributed by atoms with van der Waals surface area (Å²) in [7, 11) is 0. The fourth-order valence-corrected chi connectivity index (χ4v) is 3.03. The Kier molecular flexibility index (Phi) is 3.18. The van der Waals surface area contributed by atoms with Gasteiger partial charge in [0.2, 0.25) is 11.7 Å². The zero-order valence-electron chi connectivity index (χ0n) is 13.7. The van der Waals surface area contributed by atoms with E-state index >= 15 is 0 Å². The van der Waals surface area contributed by atoms with Crippen LogP contribution >= 0.6 is 0 Å². The summed E-state index contributed by atoms with van der Waals surface area (Å²) in [4.78, 5) is 12.6. The summed E-state index contributed by atoms with van der Waals surface area (Å²) in [5.74, 6) is -2.42.